The van der Waals surface area contributed by atoms with Crippen molar-refractivity contribution < 1.29 is 103 Å². The van der Waals surface area contributed by atoms with Crippen molar-refractivity contribution in [1.29, 1.82) is 0 Å². The van der Waals surface area contributed by atoms with Gasteiger partial charge in [-0.2, -0.15) is 18.6 Å². The van der Waals surface area contributed by atoms with E-state index in [0.717, 1.165) is 29.8 Å². The van der Waals surface area contributed by atoms with Crippen LogP contribution in [-0.4, -0.2) is 39.3 Å². The number of non-ortho nitro benzene ring substituents is 1. The molecule has 1 N–H and O–H groups in total. The number of fused-ring (bicyclic) bond motifs is 1. The van der Waals surface area contributed by atoms with E-state index in [4.69, 9.17) is 4.18 Å². The van der Waals surface area contributed by atoms with E-state index in [-0.39, 0.29) is 97.9 Å². The Morgan fingerprint density at radius 2 is 1.14 bits per heavy atom. The van der Waals surface area contributed by atoms with Crippen LogP contribution in [-0.2, 0) is 30.4 Å². The first-order valence-corrected chi connectivity index (χ1v) is 19.8. The van der Waals surface area contributed by atoms with Crippen LogP contribution in [0.3, 0.4) is 0 Å². The Morgan fingerprint density at radius 1 is 0.596 bits per heavy atom. The first-order valence-electron chi connectivity index (χ1n) is 15.6. The van der Waals surface area contributed by atoms with E-state index >= 15 is 0 Å². The van der Waals surface area contributed by atoms with E-state index < -0.39 is 50.8 Å². The Hall–Kier alpha value is -4.45. The first-order chi connectivity index (χ1) is 26.0. The largest absolute Gasteiger partial charge is 1.00 e. The van der Waals surface area contributed by atoms with Gasteiger partial charge in [-0.3, -0.25) is 10.1 Å². The molecule has 280 valence electrons. The summed E-state index contributed by atoms with van der Waals surface area (Å²) in [6.45, 7) is 1.83. The standard InChI is InChI=1S/C35H26N6O11S3.2Na/c1-22-2-13-28(14-3-22)55(50,51)52-27-11-8-25(9-12-27)38-39-32-18-19-33(31-21-29(53(44,45)46)15-16-30(31)32)40-37-24-6-4-23(5-7-24)36-34-17-10-26(41(42)43)20-35(34)54(47,48)49;;/h2-21,36H,1H3,(H,44,45,46)(H,47,48,49);;/q;2*+1/p-2. The Morgan fingerprint density at radius 3 is 1.68 bits per heavy atom. The number of anilines is 2. The van der Waals surface area contributed by atoms with Gasteiger partial charge in [0.1, 0.15) is 30.9 Å². The summed E-state index contributed by atoms with van der Waals surface area (Å²) in [6, 6.07) is 27.3. The molecule has 0 aromatic heterocycles. The maximum absolute atomic E-state index is 12.6. The van der Waals surface area contributed by atoms with Crippen molar-refractivity contribution in [3.63, 3.8) is 0 Å². The molecule has 0 spiro atoms. The Kier molecular flexibility index (Phi) is 14.6. The van der Waals surface area contributed by atoms with Crippen LogP contribution < -0.4 is 68.6 Å². The predicted octanol–water partition coefficient (Wildman–Crippen LogP) is 2.21. The van der Waals surface area contributed by atoms with Crippen LogP contribution in [0.5, 0.6) is 5.75 Å². The molecule has 0 heterocycles. The summed E-state index contributed by atoms with van der Waals surface area (Å²) in [7, 11) is -14.0. The SMILES string of the molecule is Cc1ccc(S(=O)(=O)Oc2ccc(N=Nc3ccc(N=Nc4ccc(Nc5ccc([N+](=O)[O-])cc5S(=O)(=O)[O-])cc4)c4cc(S(=O)(=O)[O-])ccc34)cc2)cc1.[Na+].[Na+]. The van der Waals surface area contributed by atoms with Crippen LogP contribution in [0.1, 0.15) is 5.56 Å². The topological polar surface area (TPSA) is 262 Å². The summed E-state index contributed by atoms with van der Waals surface area (Å²) >= 11 is 0. The second kappa shape index (κ2) is 18.4. The van der Waals surface area contributed by atoms with Gasteiger partial charge in [0.25, 0.3) is 5.69 Å². The van der Waals surface area contributed by atoms with Crippen molar-refractivity contribution in [2.45, 2.75) is 21.6 Å². The molecule has 0 bridgehead atoms. The number of hydrogen-bond donors (Lipinski definition) is 1. The molecule has 0 aliphatic carbocycles. The number of nitro benzene ring substituents is 1. The Balaban J connectivity index is 0.00000360. The normalized spacial score (nSPS) is 11.9. The van der Waals surface area contributed by atoms with E-state index in [0.29, 0.717) is 22.8 Å². The molecule has 0 radical (unpaired) electrons. The second-order valence-corrected chi connectivity index (χ2v) is 15.8. The van der Waals surface area contributed by atoms with Gasteiger partial charge in [0, 0.05) is 28.6 Å². The molecule has 0 saturated heterocycles. The third-order valence-corrected chi connectivity index (χ3v) is 10.7. The molecule has 17 nitrogen and oxygen atoms in total. The average Bonchev–Trinajstić information content (AvgIpc) is 3.13. The Labute approximate surface area is 370 Å². The van der Waals surface area contributed by atoms with Crippen molar-refractivity contribution in [2.24, 2.45) is 20.5 Å². The fourth-order valence-electron chi connectivity index (χ4n) is 5.00. The van der Waals surface area contributed by atoms with Crippen molar-refractivity contribution in [3.8, 4) is 5.75 Å². The van der Waals surface area contributed by atoms with E-state index in [1.807, 2.05) is 6.92 Å². The third kappa shape index (κ3) is 11.4. The number of rotatable bonds is 12. The molecule has 0 atom stereocenters. The molecule has 0 aliphatic heterocycles. The van der Waals surface area contributed by atoms with E-state index in [1.165, 1.54) is 78.9 Å². The summed E-state index contributed by atoms with van der Waals surface area (Å²) in [5, 5.41) is 31.2. The maximum Gasteiger partial charge on any atom is 1.00 e. The fraction of sp³-hybridized carbons (Fsp3) is 0.0286. The van der Waals surface area contributed by atoms with Crippen molar-refractivity contribution in [2.75, 3.05) is 5.32 Å². The van der Waals surface area contributed by atoms with Crippen molar-refractivity contribution in [3.05, 3.63) is 137 Å². The predicted molar refractivity (Wildman–Crippen MR) is 196 cm³/mol. The second-order valence-electron chi connectivity index (χ2n) is 11.6. The quantitative estimate of drug-likeness (QED) is 0.0464. The summed E-state index contributed by atoms with van der Waals surface area (Å²) < 4.78 is 101. The first kappa shape index (κ1) is 45.3. The summed E-state index contributed by atoms with van der Waals surface area (Å²) in [4.78, 5) is 8.89. The van der Waals surface area contributed by atoms with Crippen molar-refractivity contribution in [1.82, 2.24) is 0 Å². The number of nitrogens with zero attached hydrogens (tertiary/aromatic N) is 5. The monoisotopic (exact) mass is 846 g/mol. The van der Waals surface area contributed by atoms with Crippen LogP contribution in [0, 0.1) is 17.0 Å². The molecule has 57 heavy (non-hydrogen) atoms. The number of nitrogens with one attached hydrogen (secondary N) is 1. The van der Waals surface area contributed by atoms with Gasteiger partial charge in [-0.1, -0.05) is 23.8 Å². The van der Waals surface area contributed by atoms with E-state index in [1.54, 1.807) is 12.1 Å². The molecule has 0 fully saturated rings. The summed E-state index contributed by atoms with van der Waals surface area (Å²) in [5.74, 6) is 0.0465. The minimum atomic E-state index is -5.07. The number of nitro groups is 1. The van der Waals surface area contributed by atoms with Crippen LogP contribution in [0.25, 0.3) is 10.8 Å². The Bertz CT molecular complexity index is 2860. The van der Waals surface area contributed by atoms with Gasteiger partial charge in [0.15, 0.2) is 0 Å². The smallest absolute Gasteiger partial charge is 0.744 e. The molecule has 22 heteroatoms. The molecular formula is C35H24N6Na2O11S3. The molecule has 6 aromatic carbocycles. The molecular weight excluding hydrogens is 823 g/mol. The van der Waals surface area contributed by atoms with Gasteiger partial charge in [-0.15, -0.1) is 10.2 Å². The summed E-state index contributed by atoms with van der Waals surface area (Å²) in [6.07, 6.45) is 0. The van der Waals surface area contributed by atoms with Gasteiger partial charge < -0.3 is 18.6 Å². The van der Waals surface area contributed by atoms with Crippen molar-refractivity contribution >= 4 is 80.9 Å². The number of azo groups is 2. The van der Waals surface area contributed by atoms with Gasteiger partial charge >= 0.3 is 69.2 Å². The van der Waals surface area contributed by atoms with Crippen LogP contribution in [0.2, 0.25) is 0 Å². The zero-order valence-corrected chi connectivity index (χ0v) is 36.4. The number of benzene rings is 6. The molecule has 0 amide bonds. The number of hydrogen-bond acceptors (Lipinski definition) is 16. The molecule has 6 rings (SSSR count). The van der Waals surface area contributed by atoms with Crippen LogP contribution in [0.15, 0.2) is 156 Å². The van der Waals surface area contributed by atoms with E-state index in [2.05, 4.69) is 25.8 Å². The number of aryl methyl sites for hydroxylation is 1. The van der Waals surface area contributed by atoms with Crippen LogP contribution >= 0.6 is 0 Å². The van der Waals surface area contributed by atoms with Gasteiger partial charge in [-0.05, 0) is 97.9 Å². The zero-order valence-electron chi connectivity index (χ0n) is 30.0. The van der Waals surface area contributed by atoms with Gasteiger partial charge in [-0.25, -0.2) is 16.8 Å². The van der Waals surface area contributed by atoms with Gasteiger partial charge in [0.2, 0.25) is 0 Å². The third-order valence-electron chi connectivity index (χ3n) is 7.72. The average molecular weight is 847 g/mol. The minimum absolute atomic E-state index is 0. The fourth-order valence-corrected chi connectivity index (χ4v) is 7.08. The summed E-state index contributed by atoms with van der Waals surface area (Å²) in [5.41, 5.74) is 1.48. The molecule has 0 unspecified atom stereocenters. The van der Waals surface area contributed by atoms with Gasteiger partial charge in [0.05, 0.1) is 43.2 Å². The minimum Gasteiger partial charge on any atom is -0.744 e. The molecule has 6 aromatic rings. The zero-order chi connectivity index (χ0) is 39.5. The maximum atomic E-state index is 12.6. The molecule has 0 aliphatic rings. The molecule has 0 saturated carbocycles. The van der Waals surface area contributed by atoms with E-state index in [9.17, 15) is 44.5 Å². The van der Waals surface area contributed by atoms with Crippen LogP contribution in [0.4, 0.5) is 39.8 Å².